The molecule has 25 heavy (non-hydrogen) atoms. The zero-order valence-corrected chi connectivity index (χ0v) is 13.0. The van der Waals surface area contributed by atoms with Gasteiger partial charge in [0, 0.05) is 23.8 Å². The van der Waals surface area contributed by atoms with E-state index >= 15 is 0 Å². The Morgan fingerprint density at radius 1 is 1.36 bits per heavy atom. The fourth-order valence-corrected chi connectivity index (χ4v) is 3.10. The highest BCUT2D eigenvalue weighted by molar-refractivity contribution is 5.97. The van der Waals surface area contributed by atoms with Gasteiger partial charge >= 0.3 is 6.18 Å². The minimum Gasteiger partial charge on any atom is -0.368 e. The van der Waals surface area contributed by atoms with Gasteiger partial charge in [-0.15, -0.1) is 0 Å². The summed E-state index contributed by atoms with van der Waals surface area (Å²) in [5, 5.41) is 9.70. The van der Waals surface area contributed by atoms with Gasteiger partial charge in [0.05, 0.1) is 17.0 Å². The first-order chi connectivity index (χ1) is 11.8. The highest BCUT2D eigenvalue weighted by Crippen LogP contribution is 2.39. The van der Waals surface area contributed by atoms with Gasteiger partial charge in [-0.3, -0.25) is 9.78 Å². The van der Waals surface area contributed by atoms with Gasteiger partial charge in [-0.2, -0.15) is 18.4 Å². The molecule has 2 N–H and O–H groups in total. The van der Waals surface area contributed by atoms with E-state index in [9.17, 15) is 23.2 Å². The minimum absolute atomic E-state index is 0.264. The topological polar surface area (TPSA) is 83.0 Å². The van der Waals surface area contributed by atoms with E-state index < -0.39 is 24.0 Å². The summed E-state index contributed by atoms with van der Waals surface area (Å²) in [4.78, 5) is 17.2. The molecule has 1 radical (unpaired) electrons. The third kappa shape index (κ3) is 3.09. The number of rotatable bonds is 2. The number of fused-ring (bicyclic) bond motifs is 1. The molecule has 2 atom stereocenters. The van der Waals surface area contributed by atoms with E-state index in [0.717, 1.165) is 0 Å². The summed E-state index contributed by atoms with van der Waals surface area (Å²) >= 11 is 0. The Morgan fingerprint density at radius 2 is 2.12 bits per heavy atom. The number of piperidine rings is 1. The lowest BCUT2D eigenvalue weighted by Crippen LogP contribution is -2.53. The number of nitrogens with zero attached hydrogens (tertiary/aromatic N) is 3. The summed E-state index contributed by atoms with van der Waals surface area (Å²) in [6, 6.07) is 7.36. The number of pyridine rings is 1. The maximum atomic E-state index is 13.2. The van der Waals surface area contributed by atoms with Crippen molar-refractivity contribution in [1.29, 1.82) is 5.26 Å². The summed E-state index contributed by atoms with van der Waals surface area (Å²) in [6.07, 6.45) is -1.85. The second kappa shape index (κ2) is 6.24. The monoisotopic (exact) mass is 347 g/mol. The third-order valence-electron chi connectivity index (χ3n) is 4.33. The first-order valence-electron chi connectivity index (χ1n) is 7.56. The van der Waals surface area contributed by atoms with E-state index in [1.54, 1.807) is 12.1 Å². The van der Waals surface area contributed by atoms with Crippen LogP contribution in [0.4, 0.5) is 18.9 Å². The predicted molar refractivity (Wildman–Crippen MR) is 85.2 cm³/mol. The zero-order valence-electron chi connectivity index (χ0n) is 13.0. The fraction of sp³-hybridized carbons (Fsp3) is 0.294. The Balaban J connectivity index is 2.12. The number of halogens is 3. The van der Waals surface area contributed by atoms with Crippen molar-refractivity contribution in [1.82, 2.24) is 4.98 Å². The first-order valence-corrected chi connectivity index (χ1v) is 7.56. The van der Waals surface area contributed by atoms with Gasteiger partial charge in [0.15, 0.2) is 0 Å². The van der Waals surface area contributed by atoms with E-state index in [0.29, 0.717) is 22.2 Å². The molecule has 8 heteroatoms. The smallest absolute Gasteiger partial charge is 0.368 e. The Bertz CT molecular complexity index is 859. The largest absolute Gasteiger partial charge is 0.393 e. The Labute approximate surface area is 141 Å². The number of carbonyl (C=O) groups excluding carboxylic acids is 1. The molecular formula is C17H14F3N4O. The van der Waals surface area contributed by atoms with Crippen molar-refractivity contribution in [3.05, 3.63) is 42.4 Å². The highest BCUT2D eigenvalue weighted by Gasteiger charge is 2.45. The van der Waals surface area contributed by atoms with Gasteiger partial charge in [-0.1, -0.05) is 0 Å². The minimum atomic E-state index is -4.38. The Kier molecular flexibility index (Phi) is 4.25. The molecule has 1 aromatic carbocycles. The van der Waals surface area contributed by atoms with E-state index in [2.05, 4.69) is 4.98 Å². The van der Waals surface area contributed by atoms with Crippen LogP contribution in [-0.4, -0.2) is 29.7 Å². The van der Waals surface area contributed by atoms with Gasteiger partial charge in [0.2, 0.25) is 5.91 Å². The zero-order chi connectivity index (χ0) is 18.2. The number of alkyl halides is 3. The van der Waals surface area contributed by atoms with Crippen LogP contribution in [0.2, 0.25) is 0 Å². The quantitative estimate of drug-likeness (QED) is 0.905. The highest BCUT2D eigenvalue weighted by atomic mass is 19.4. The lowest BCUT2D eigenvalue weighted by molar-refractivity contribution is -0.174. The van der Waals surface area contributed by atoms with Gasteiger partial charge in [-0.25, -0.2) is 0 Å². The molecular weight excluding hydrogens is 333 g/mol. The number of carbonyl (C=O) groups is 1. The molecule has 1 amide bonds. The number of nitriles is 1. The summed E-state index contributed by atoms with van der Waals surface area (Å²) in [6.45, 7) is -0.385. The lowest BCUT2D eigenvalue weighted by atomic mass is 9.90. The fourth-order valence-electron chi connectivity index (χ4n) is 3.10. The van der Waals surface area contributed by atoms with Gasteiger partial charge in [0.25, 0.3) is 0 Å². The number of amides is 1. The molecule has 0 spiro atoms. The van der Waals surface area contributed by atoms with Crippen LogP contribution in [0.3, 0.4) is 0 Å². The van der Waals surface area contributed by atoms with Crippen LogP contribution in [-0.2, 0) is 4.79 Å². The van der Waals surface area contributed by atoms with Crippen molar-refractivity contribution in [2.24, 2.45) is 11.7 Å². The van der Waals surface area contributed by atoms with Crippen molar-refractivity contribution in [3.63, 3.8) is 0 Å². The molecule has 0 aliphatic carbocycles. The number of aromatic nitrogens is 1. The first kappa shape index (κ1) is 17.0. The predicted octanol–water partition coefficient (Wildman–Crippen LogP) is 2.55. The molecule has 1 aliphatic rings. The SMILES string of the molecule is N#Cc1ccc(N2C[C@H](C(F)(F)F)C[CH]C2C(N)=O)c2cccnc12. The van der Waals surface area contributed by atoms with Crippen LogP contribution in [0.25, 0.3) is 10.9 Å². The molecule has 0 bridgehead atoms. The molecule has 1 saturated heterocycles. The molecule has 1 unspecified atom stereocenters. The van der Waals surface area contributed by atoms with Crippen LogP contribution >= 0.6 is 0 Å². The van der Waals surface area contributed by atoms with Crippen LogP contribution < -0.4 is 10.6 Å². The maximum Gasteiger partial charge on any atom is 0.393 e. The van der Waals surface area contributed by atoms with Crippen LogP contribution in [0.15, 0.2) is 30.5 Å². The average molecular weight is 347 g/mol. The number of hydrogen-bond acceptors (Lipinski definition) is 4. The summed E-state index contributed by atoms with van der Waals surface area (Å²) in [7, 11) is 0. The van der Waals surface area contributed by atoms with Crippen LogP contribution in [0, 0.1) is 23.7 Å². The second-order valence-electron chi connectivity index (χ2n) is 5.85. The van der Waals surface area contributed by atoms with Crippen LogP contribution in [0.5, 0.6) is 0 Å². The summed E-state index contributed by atoms with van der Waals surface area (Å²) < 4.78 is 39.5. The van der Waals surface area contributed by atoms with Crippen molar-refractivity contribution in [2.75, 3.05) is 11.4 Å². The molecule has 0 saturated carbocycles. The van der Waals surface area contributed by atoms with E-state index in [1.165, 1.54) is 29.7 Å². The number of anilines is 1. The normalized spacial score (nSPS) is 21.1. The second-order valence-corrected chi connectivity index (χ2v) is 5.85. The van der Waals surface area contributed by atoms with E-state index in [1.807, 2.05) is 6.07 Å². The van der Waals surface area contributed by atoms with Crippen molar-refractivity contribution >= 4 is 22.5 Å². The number of benzene rings is 1. The molecule has 5 nitrogen and oxygen atoms in total. The van der Waals surface area contributed by atoms with E-state index in [4.69, 9.17) is 5.73 Å². The maximum absolute atomic E-state index is 13.2. The van der Waals surface area contributed by atoms with E-state index in [-0.39, 0.29) is 13.0 Å². The molecule has 1 aliphatic heterocycles. The molecule has 2 aromatic rings. The standard InChI is InChI=1S/C17H14F3N4O/c18-17(19,20)11-4-6-14(16(22)25)24(9-11)13-5-3-10(8-21)15-12(13)2-1-7-23-15/h1-3,5-7,11,14H,4,9H2,(H2,22,25)/t11-,14?/m1/s1. The van der Waals surface area contributed by atoms with Crippen molar-refractivity contribution in [2.45, 2.75) is 18.6 Å². The van der Waals surface area contributed by atoms with Crippen molar-refractivity contribution in [3.8, 4) is 6.07 Å². The average Bonchev–Trinajstić information content (AvgIpc) is 2.59. The molecule has 1 aromatic heterocycles. The molecule has 3 rings (SSSR count). The third-order valence-corrected chi connectivity index (χ3v) is 4.33. The molecule has 1 fully saturated rings. The van der Waals surface area contributed by atoms with Gasteiger partial charge in [0.1, 0.15) is 12.1 Å². The molecule has 129 valence electrons. The lowest BCUT2D eigenvalue weighted by Gasteiger charge is -2.40. The summed E-state index contributed by atoms with van der Waals surface area (Å²) in [5.74, 6) is -2.31. The Hall–Kier alpha value is -2.82. The Morgan fingerprint density at radius 3 is 2.76 bits per heavy atom. The van der Waals surface area contributed by atoms with Gasteiger partial charge < -0.3 is 10.6 Å². The number of nitrogens with two attached hydrogens (primary N) is 1. The van der Waals surface area contributed by atoms with Gasteiger partial charge in [-0.05, 0) is 37.1 Å². The van der Waals surface area contributed by atoms with Crippen LogP contribution in [0.1, 0.15) is 12.0 Å². The summed E-state index contributed by atoms with van der Waals surface area (Å²) in [5.41, 5.74) is 6.47. The molecule has 2 heterocycles. The van der Waals surface area contributed by atoms with Crippen molar-refractivity contribution < 1.29 is 18.0 Å². The number of hydrogen-bond donors (Lipinski definition) is 1. The number of primary amides is 1.